The van der Waals surface area contributed by atoms with Crippen LogP contribution in [0.4, 0.5) is 0 Å². The van der Waals surface area contributed by atoms with E-state index in [4.69, 9.17) is 9.97 Å². The molecule has 0 amide bonds. The summed E-state index contributed by atoms with van der Waals surface area (Å²) in [4.78, 5) is 9.81. The van der Waals surface area contributed by atoms with Crippen molar-refractivity contribution in [2.45, 2.75) is 68.8 Å². The Balaban J connectivity index is 1.35. The van der Waals surface area contributed by atoms with E-state index in [1.807, 2.05) is 80.2 Å². The summed E-state index contributed by atoms with van der Waals surface area (Å²) >= 11 is -1.27. The Morgan fingerprint density at radius 2 is 1.90 bits per heavy atom. The second kappa shape index (κ2) is 9.72. The Hall–Kier alpha value is -3.29. The number of benzene rings is 1. The van der Waals surface area contributed by atoms with Crippen LogP contribution in [-0.4, -0.2) is 40.3 Å². The maximum absolute atomic E-state index is 13.0. The lowest BCUT2D eigenvalue weighted by atomic mass is 9.76. The van der Waals surface area contributed by atoms with Crippen molar-refractivity contribution in [1.29, 1.82) is 5.26 Å². The largest absolute Gasteiger partial charge is 0.598 e. The van der Waals surface area contributed by atoms with Crippen molar-refractivity contribution in [2.24, 2.45) is 5.92 Å². The minimum Gasteiger partial charge on any atom is -0.598 e. The van der Waals surface area contributed by atoms with E-state index in [1.54, 1.807) is 0 Å². The molecule has 2 fully saturated rings. The molecular formula is C30H32N6O2S. The summed E-state index contributed by atoms with van der Waals surface area (Å²) in [6, 6.07) is 20.0. The van der Waals surface area contributed by atoms with Crippen molar-refractivity contribution in [2.75, 3.05) is 0 Å². The van der Waals surface area contributed by atoms with Gasteiger partial charge in [-0.25, -0.2) is 9.67 Å². The van der Waals surface area contributed by atoms with Gasteiger partial charge in [-0.2, -0.15) is 10.4 Å². The van der Waals surface area contributed by atoms with Crippen LogP contribution in [0.15, 0.2) is 60.8 Å². The van der Waals surface area contributed by atoms with E-state index in [1.165, 1.54) is 0 Å². The molecule has 2 aliphatic carbocycles. The second-order valence-electron chi connectivity index (χ2n) is 11.7. The molecule has 3 aromatic heterocycles. The number of fused-ring (bicyclic) bond motifs is 1. The summed E-state index contributed by atoms with van der Waals surface area (Å²) < 4.78 is 17.7. The van der Waals surface area contributed by atoms with E-state index in [2.05, 4.69) is 22.0 Å². The Kier molecular flexibility index (Phi) is 6.47. The molecule has 8 nitrogen and oxygen atoms in total. The number of nitriles is 1. The molecular weight excluding hydrogens is 508 g/mol. The number of rotatable bonds is 7. The number of pyridine rings is 2. The topological polar surface area (TPSA) is 123 Å². The minimum absolute atomic E-state index is 0.166. The first-order chi connectivity index (χ1) is 18.7. The number of nitrogens with zero attached hydrogens (tertiary/aromatic N) is 5. The highest BCUT2D eigenvalue weighted by Gasteiger charge is 2.46. The molecule has 3 heterocycles. The molecule has 2 aliphatic rings. The summed E-state index contributed by atoms with van der Waals surface area (Å²) in [5, 5.41) is 25.2. The van der Waals surface area contributed by atoms with Crippen molar-refractivity contribution in [1.82, 2.24) is 24.5 Å². The smallest absolute Gasteiger partial charge is 0.154 e. The molecule has 2 saturated carbocycles. The van der Waals surface area contributed by atoms with Crippen LogP contribution < -0.4 is 4.72 Å². The van der Waals surface area contributed by atoms with Gasteiger partial charge in [0.05, 0.1) is 52.4 Å². The van der Waals surface area contributed by atoms with E-state index in [9.17, 15) is 14.9 Å². The molecule has 2 N–H and O–H groups in total. The van der Waals surface area contributed by atoms with Crippen molar-refractivity contribution in [3.8, 4) is 23.1 Å². The molecule has 200 valence electrons. The molecule has 0 unspecified atom stereocenters. The van der Waals surface area contributed by atoms with Crippen LogP contribution in [0.1, 0.15) is 63.9 Å². The zero-order valence-electron chi connectivity index (χ0n) is 22.3. The maximum atomic E-state index is 13.0. The lowest BCUT2D eigenvalue weighted by Crippen LogP contribution is -2.46. The molecule has 0 aliphatic heterocycles. The molecule has 1 aromatic carbocycles. The molecule has 0 spiro atoms. The predicted molar refractivity (Wildman–Crippen MR) is 151 cm³/mol. The first-order valence-electron chi connectivity index (χ1n) is 13.4. The molecule has 0 radical (unpaired) electrons. The first-order valence-corrected chi connectivity index (χ1v) is 14.5. The summed E-state index contributed by atoms with van der Waals surface area (Å²) in [5.41, 5.74) is 3.78. The summed E-state index contributed by atoms with van der Waals surface area (Å²) in [6.45, 7) is 5.83. The number of nitrogens with one attached hydrogen (secondary N) is 1. The van der Waals surface area contributed by atoms with Crippen LogP contribution in [0.5, 0.6) is 0 Å². The minimum atomic E-state index is -1.27. The Morgan fingerprint density at radius 3 is 2.59 bits per heavy atom. The maximum Gasteiger partial charge on any atom is 0.154 e. The van der Waals surface area contributed by atoms with Gasteiger partial charge in [-0.3, -0.25) is 4.98 Å². The van der Waals surface area contributed by atoms with E-state index in [0.29, 0.717) is 18.7 Å². The highest BCUT2D eigenvalue weighted by atomic mass is 32.2. The Labute approximate surface area is 231 Å². The summed E-state index contributed by atoms with van der Waals surface area (Å²) in [7, 11) is 0. The molecule has 2 atom stereocenters. The standard InChI is InChI=1S/C30H32N6O2S/c1-29(2,3)39(38)35-28(21-14-22(37)15-21)24-7-4-6-23(33-24)19-10-11-20-17-32-36(25(20)16-19)27-9-5-8-26(34-27)30(18-31)12-13-30/h4-11,16-17,21-22,28,35,37H,12-15H2,1-3H3/t21-,22-,28-,39+/m0/s1. The van der Waals surface area contributed by atoms with Gasteiger partial charge in [-0.05, 0) is 82.7 Å². The van der Waals surface area contributed by atoms with E-state index < -0.39 is 21.5 Å². The molecule has 0 bridgehead atoms. The quantitative estimate of drug-likeness (QED) is 0.320. The zero-order valence-corrected chi connectivity index (χ0v) is 23.2. The summed E-state index contributed by atoms with van der Waals surface area (Å²) in [5.74, 6) is 0.847. The van der Waals surface area contributed by atoms with Crippen LogP contribution in [-0.2, 0) is 16.8 Å². The first kappa shape index (κ1) is 26.0. The van der Waals surface area contributed by atoms with Crippen molar-refractivity contribution in [3.63, 3.8) is 0 Å². The molecule has 0 saturated heterocycles. The van der Waals surface area contributed by atoms with Crippen LogP contribution in [0.2, 0.25) is 0 Å². The zero-order chi connectivity index (χ0) is 27.4. The second-order valence-corrected chi connectivity index (χ2v) is 13.7. The van der Waals surface area contributed by atoms with Gasteiger partial charge in [0.1, 0.15) is 4.75 Å². The van der Waals surface area contributed by atoms with Gasteiger partial charge in [0.15, 0.2) is 5.82 Å². The Morgan fingerprint density at radius 1 is 1.13 bits per heavy atom. The number of hydrogen-bond acceptors (Lipinski definition) is 7. The van der Waals surface area contributed by atoms with Crippen LogP contribution in [0.25, 0.3) is 28.0 Å². The van der Waals surface area contributed by atoms with E-state index >= 15 is 0 Å². The number of aliphatic hydroxyl groups is 1. The van der Waals surface area contributed by atoms with Gasteiger partial charge in [-0.15, -0.1) is 4.72 Å². The van der Waals surface area contributed by atoms with Crippen molar-refractivity contribution < 1.29 is 9.66 Å². The fourth-order valence-corrected chi connectivity index (χ4v) is 5.99. The van der Waals surface area contributed by atoms with E-state index in [-0.39, 0.29) is 18.1 Å². The fraction of sp³-hybridized carbons (Fsp3) is 0.400. The highest BCUT2D eigenvalue weighted by molar-refractivity contribution is 7.90. The Bertz CT molecular complexity index is 1560. The van der Waals surface area contributed by atoms with Gasteiger partial charge in [0.25, 0.3) is 0 Å². The molecule has 39 heavy (non-hydrogen) atoms. The van der Waals surface area contributed by atoms with Crippen LogP contribution >= 0.6 is 0 Å². The monoisotopic (exact) mass is 540 g/mol. The number of hydrogen-bond donors (Lipinski definition) is 2. The SMILES string of the molecule is CC(C)(C)[S@@+]([O-])N[C@H](c1cccc(-c2ccc3cnn(-c4cccc(C5(C#N)CC5)n4)c3c2)n1)[C@H]1C[C@H](O)C1. The van der Waals surface area contributed by atoms with Gasteiger partial charge >= 0.3 is 0 Å². The third-order valence-electron chi connectivity index (χ3n) is 7.77. The van der Waals surface area contributed by atoms with Crippen LogP contribution in [0.3, 0.4) is 0 Å². The number of aromatic nitrogens is 4. The highest BCUT2D eigenvalue weighted by Crippen LogP contribution is 2.46. The number of aliphatic hydroxyl groups excluding tert-OH is 1. The van der Waals surface area contributed by atoms with Crippen molar-refractivity contribution >= 4 is 22.3 Å². The third kappa shape index (κ3) is 4.94. The average molecular weight is 541 g/mol. The normalized spacial score (nSPS) is 21.6. The van der Waals surface area contributed by atoms with Gasteiger partial charge in [0.2, 0.25) is 0 Å². The van der Waals surface area contributed by atoms with Gasteiger partial charge < -0.3 is 9.66 Å². The summed E-state index contributed by atoms with van der Waals surface area (Å²) in [6.07, 6.45) is 4.50. The van der Waals surface area contributed by atoms with Gasteiger partial charge in [-0.1, -0.05) is 24.3 Å². The molecule has 4 aromatic rings. The average Bonchev–Trinajstić information content (AvgIpc) is 3.61. The van der Waals surface area contributed by atoms with Crippen LogP contribution in [0, 0.1) is 17.2 Å². The van der Waals surface area contributed by atoms with E-state index in [0.717, 1.165) is 46.4 Å². The lowest BCUT2D eigenvalue weighted by Gasteiger charge is -2.38. The van der Waals surface area contributed by atoms with Gasteiger partial charge in [0, 0.05) is 22.3 Å². The molecule has 6 rings (SSSR count). The lowest BCUT2D eigenvalue weighted by molar-refractivity contribution is 0.0273. The molecule has 9 heteroatoms. The van der Waals surface area contributed by atoms with Crippen molar-refractivity contribution in [3.05, 3.63) is 72.2 Å². The predicted octanol–water partition coefficient (Wildman–Crippen LogP) is 4.90. The third-order valence-corrected chi connectivity index (χ3v) is 9.35. The fourth-order valence-electron chi connectivity index (χ4n) is 5.10.